The summed E-state index contributed by atoms with van der Waals surface area (Å²) in [5.74, 6) is -0.604. The summed E-state index contributed by atoms with van der Waals surface area (Å²) in [4.78, 5) is 31.7. The molecule has 0 saturated carbocycles. The Morgan fingerprint density at radius 1 is 0.760 bits per heavy atom. The van der Waals surface area contributed by atoms with Crippen LogP contribution in [0.25, 0.3) is 16.6 Å². The second kappa shape index (κ2) is 18.0. The molecule has 8 nitrogen and oxygen atoms in total. The third-order valence-corrected chi connectivity index (χ3v) is 9.03. The van der Waals surface area contributed by atoms with Gasteiger partial charge in [-0.25, -0.2) is 8.78 Å². The number of benzene rings is 3. The molecule has 1 fully saturated rings. The second-order valence-corrected chi connectivity index (χ2v) is 12.6. The summed E-state index contributed by atoms with van der Waals surface area (Å²) >= 11 is 0. The van der Waals surface area contributed by atoms with Gasteiger partial charge in [-0.3, -0.25) is 9.59 Å². The number of amides is 1. The van der Waals surface area contributed by atoms with Crippen molar-refractivity contribution >= 4 is 22.5 Å². The Bertz CT molecular complexity index is 1760. The largest absolute Gasteiger partial charge is 0.494 e. The Hall–Kier alpha value is -4.44. The molecule has 1 aromatic heterocycles. The van der Waals surface area contributed by atoms with E-state index in [9.17, 15) is 18.4 Å². The number of fused-ring (bicyclic) bond motifs is 1. The second-order valence-electron chi connectivity index (χ2n) is 12.6. The molecule has 0 aliphatic carbocycles. The molecule has 1 aliphatic rings. The van der Waals surface area contributed by atoms with E-state index in [1.165, 1.54) is 69.3 Å². The number of carbonyl (C=O) groups is 1. The Kier molecular flexibility index (Phi) is 13.3. The minimum absolute atomic E-state index is 0.0174. The zero-order valence-electron chi connectivity index (χ0n) is 29.5. The number of carbonyl (C=O) groups excluding carboxylic acids is 1. The predicted octanol–water partition coefficient (Wildman–Crippen LogP) is 8.55. The fraction of sp³-hybridized carbons (Fsp3) is 0.450. The quantitative estimate of drug-likeness (QED) is 0.104. The zero-order valence-corrected chi connectivity index (χ0v) is 29.5. The van der Waals surface area contributed by atoms with Gasteiger partial charge in [0.25, 0.3) is 5.91 Å². The molecule has 10 heteroatoms. The molecule has 0 N–H and O–H groups in total. The van der Waals surface area contributed by atoms with Gasteiger partial charge in [-0.05, 0) is 90.4 Å². The minimum Gasteiger partial charge on any atom is -0.494 e. The number of hydrogen-bond donors (Lipinski definition) is 0. The van der Waals surface area contributed by atoms with E-state index < -0.39 is 23.0 Å². The van der Waals surface area contributed by atoms with Crippen molar-refractivity contribution in [1.29, 1.82) is 0 Å². The summed E-state index contributed by atoms with van der Waals surface area (Å²) in [5, 5.41) is 0.290. The predicted molar refractivity (Wildman–Crippen MR) is 194 cm³/mol. The number of hydrogen-bond acceptors (Lipinski definition) is 6. The number of anilines is 1. The molecule has 0 radical (unpaired) electrons. The number of piperidine rings is 1. The molecule has 0 spiro atoms. The smallest absolute Gasteiger partial charge is 0.263 e. The van der Waals surface area contributed by atoms with Gasteiger partial charge in [-0.15, -0.1) is 0 Å². The highest BCUT2D eigenvalue weighted by Gasteiger charge is 2.24. The van der Waals surface area contributed by atoms with Crippen molar-refractivity contribution in [3.05, 3.63) is 88.2 Å². The van der Waals surface area contributed by atoms with Crippen LogP contribution in [0.1, 0.15) is 82.5 Å². The van der Waals surface area contributed by atoms with Crippen LogP contribution in [0.4, 0.5) is 14.5 Å². The topological polar surface area (TPSA) is 73.2 Å². The van der Waals surface area contributed by atoms with Gasteiger partial charge in [-0.1, -0.05) is 25.7 Å². The fourth-order valence-corrected chi connectivity index (χ4v) is 6.58. The average molecular weight is 690 g/mol. The zero-order chi connectivity index (χ0) is 35.5. The van der Waals surface area contributed by atoms with Crippen LogP contribution in [0.2, 0.25) is 0 Å². The first-order valence-electron chi connectivity index (χ1n) is 18.0. The van der Waals surface area contributed by atoms with E-state index in [0.717, 1.165) is 31.0 Å². The molecule has 268 valence electrons. The van der Waals surface area contributed by atoms with Gasteiger partial charge < -0.3 is 28.6 Å². The Labute approximate surface area is 293 Å². The monoisotopic (exact) mass is 689 g/mol. The number of halogens is 2. The summed E-state index contributed by atoms with van der Waals surface area (Å²) < 4.78 is 47.9. The van der Waals surface area contributed by atoms with E-state index >= 15 is 0 Å². The Morgan fingerprint density at radius 2 is 1.42 bits per heavy atom. The molecule has 50 heavy (non-hydrogen) atoms. The molecule has 1 aliphatic heterocycles. The third-order valence-electron chi connectivity index (χ3n) is 9.03. The van der Waals surface area contributed by atoms with Crippen molar-refractivity contribution < 1.29 is 27.8 Å². The molecule has 0 bridgehead atoms. The number of aromatic nitrogens is 1. The van der Waals surface area contributed by atoms with Gasteiger partial charge in [0.1, 0.15) is 34.4 Å². The van der Waals surface area contributed by atoms with Crippen LogP contribution in [0.3, 0.4) is 0 Å². The maximum Gasteiger partial charge on any atom is 0.263 e. The summed E-state index contributed by atoms with van der Waals surface area (Å²) in [5.41, 5.74) is 0.484. The lowest BCUT2D eigenvalue weighted by Crippen LogP contribution is -2.35. The number of unbranched alkanes of at least 4 members (excludes halogenated alkanes) is 4. The molecule has 2 heterocycles. The van der Waals surface area contributed by atoms with E-state index in [1.54, 1.807) is 35.8 Å². The van der Waals surface area contributed by atoms with Crippen molar-refractivity contribution in [2.24, 2.45) is 0 Å². The van der Waals surface area contributed by atoms with Gasteiger partial charge >= 0.3 is 0 Å². The van der Waals surface area contributed by atoms with Gasteiger partial charge in [0.2, 0.25) is 5.43 Å². The fourth-order valence-electron chi connectivity index (χ4n) is 6.58. The summed E-state index contributed by atoms with van der Waals surface area (Å²) in [6.07, 6.45) is 11.1. The van der Waals surface area contributed by atoms with Crippen LogP contribution in [-0.2, 0) is 0 Å². The standard InChI is InChI=1S/C40H49F2N3O5/c1-4-44(31-22-29(41)21-30(42)23-31)40(47)37-28-45(32-24-34(48-5-2)26-35(25-32)49-6-3)38-27-33(15-16-36(38)39(37)46)50-20-14-9-7-8-11-17-43-18-12-10-13-19-43/h15-16,21-28H,4-14,17-20H2,1-3H3. The van der Waals surface area contributed by atoms with Gasteiger partial charge in [0.05, 0.1) is 31.0 Å². The lowest BCUT2D eigenvalue weighted by molar-refractivity contribution is 0.0987. The van der Waals surface area contributed by atoms with Crippen LogP contribution < -0.4 is 24.5 Å². The lowest BCUT2D eigenvalue weighted by Gasteiger charge is -2.26. The highest BCUT2D eigenvalue weighted by Crippen LogP contribution is 2.30. The Balaban J connectivity index is 1.42. The van der Waals surface area contributed by atoms with Crippen molar-refractivity contribution in [2.45, 2.75) is 72.1 Å². The molecular formula is C40H49F2N3O5. The van der Waals surface area contributed by atoms with E-state index in [0.29, 0.717) is 48.3 Å². The SMILES string of the molecule is CCOc1cc(OCC)cc(-n2cc(C(=O)N(CC)c3cc(F)cc(F)c3)c(=O)c3ccc(OCCCCCCCN4CCCCC4)cc32)c1. The highest BCUT2D eigenvalue weighted by atomic mass is 19.1. The molecule has 1 amide bonds. The van der Waals surface area contributed by atoms with Crippen LogP contribution in [0.5, 0.6) is 17.2 Å². The number of pyridine rings is 1. The number of likely N-dealkylation sites (tertiary alicyclic amines) is 1. The van der Waals surface area contributed by atoms with Crippen LogP contribution in [0.15, 0.2) is 65.6 Å². The van der Waals surface area contributed by atoms with E-state index in [1.807, 2.05) is 26.0 Å². The van der Waals surface area contributed by atoms with Crippen molar-refractivity contribution in [3.8, 4) is 22.9 Å². The molecule has 0 atom stereocenters. The molecule has 1 saturated heterocycles. The summed E-state index contributed by atoms with van der Waals surface area (Å²) in [7, 11) is 0. The summed E-state index contributed by atoms with van der Waals surface area (Å²) in [6.45, 7) is 10.6. The highest BCUT2D eigenvalue weighted by molar-refractivity contribution is 6.07. The molecule has 3 aromatic carbocycles. The van der Waals surface area contributed by atoms with Crippen molar-refractivity contribution in [2.75, 3.05) is 50.9 Å². The number of rotatable bonds is 17. The van der Waals surface area contributed by atoms with Crippen LogP contribution >= 0.6 is 0 Å². The lowest BCUT2D eigenvalue weighted by atomic mass is 10.1. The number of nitrogens with zero attached hydrogens (tertiary/aromatic N) is 3. The summed E-state index contributed by atoms with van der Waals surface area (Å²) in [6, 6.07) is 13.5. The van der Waals surface area contributed by atoms with E-state index in [2.05, 4.69) is 4.90 Å². The maximum atomic E-state index is 14.2. The van der Waals surface area contributed by atoms with Crippen molar-refractivity contribution in [1.82, 2.24) is 9.47 Å². The first kappa shape index (κ1) is 36.8. The maximum absolute atomic E-state index is 14.2. The third kappa shape index (κ3) is 9.41. The average Bonchev–Trinajstić information content (AvgIpc) is 3.10. The first-order chi connectivity index (χ1) is 24.3. The van der Waals surface area contributed by atoms with Crippen molar-refractivity contribution in [3.63, 3.8) is 0 Å². The minimum atomic E-state index is -0.821. The molecule has 0 unspecified atom stereocenters. The van der Waals surface area contributed by atoms with Gasteiger partial charge in [0.15, 0.2) is 0 Å². The molecular weight excluding hydrogens is 640 g/mol. The molecule has 4 aromatic rings. The number of ether oxygens (including phenoxy) is 3. The van der Waals surface area contributed by atoms with E-state index in [-0.39, 0.29) is 23.2 Å². The van der Waals surface area contributed by atoms with Crippen LogP contribution in [0, 0.1) is 11.6 Å². The Morgan fingerprint density at radius 3 is 2.08 bits per heavy atom. The van der Waals surface area contributed by atoms with Gasteiger partial charge in [0, 0.05) is 54.1 Å². The first-order valence-corrected chi connectivity index (χ1v) is 18.0. The molecule has 5 rings (SSSR count). The van der Waals surface area contributed by atoms with Gasteiger partial charge in [-0.2, -0.15) is 0 Å². The van der Waals surface area contributed by atoms with Crippen LogP contribution in [-0.4, -0.2) is 61.4 Å². The van der Waals surface area contributed by atoms with E-state index in [4.69, 9.17) is 14.2 Å². The normalized spacial score (nSPS) is 13.4.